The molecule has 3 N–H and O–H groups in total. The van der Waals surface area contributed by atoms with Crippen molar-refractivity contribution < 1.29 is 13.2 Å². The zero-order valence-electron chi connectivity index (χ0n) is 13.5. The smallest absolute Gasteiger partial charge is 0.239 e. The maximum atomic E-state index is 11.9. The van der Waals surface area contributed by atoms with Gasteiger partial charge in [-0.25, -0.2) is 13.6 Å². The number of aromatic nitrogens is 1. The predicted octanol–water partition coefficient (Wildman–Crippen LogP) is 1.61. The molecular weight excluding hydrogens is 374 g/mol. The van der Waals surface area contributed by atoms with Gasteiger partial charge >= 0.3 is 0 Å². The van der Waals surface area contributed by atoms with Gasteiger partial charge in [-0.05, 0) is 24.3 Å². The summed E-state index contributed by atoms with van der Waals surface area (Å²) >= 11 is 1.30. The third kappa shape index (κ3) is 4.75. The molecule has 1 aromatic carbocycles. The average Bonchev–Trinajstić information content (AvgIpc) is 3.09. The lowest BCUT2D eigenvalue weighted by Crippen LogP contribution is -2.15. The minimum absolute atomic E-state index is 0.0621. The number of nitrogens with one attached hydrogen (secondary N) is 1. The molecule has 0 spiro atoms. The molecule has 10 heteroatoms. The number of rotatable bonds is 5. The number of pyridine rings is 1. The van der Waals surface area contributed by atoms with Crippen LogP contribution in [-0.2, 0) is 14.8 Å². The molecule has 3 rings (SSSR count). The lowest BCUT2D eigenvalue weighted by atomic mass is 10.2. The Morgan fingerprint density at radius 3 is 2.58 bits per heavy atom. The number of nitrogens with zero attached hydrogens (tertiary/aromatic N) is 3. The first-order chi connectivity index (χ1) is 12.4. The van der Waals surface area contributed by atoms with E-state index in [1.807, 2.05) is 30.3 Å². The number of para-hydroxylation sites is 1. The molecule has 0 saturated heterocycles. The number of thioether (sulfide) groups is 1. The van der Waals surface area contributed by atoms with E-state index in [0.29, 0.717) is 22.9 Å². The minimum Gasteiger partial charge on any atom is -0.325 e. The Balaban J connectivity index is 1.51. The van der Waals surface area contributed by atoms with Crippen molar-refractivity contribution in [1.29, 1.82) is 0 Å². The number of anilines is 1. The summed E-state index contributed by atoms with van der Waals surface area (Å²) in [4.78, 5) is 15.9. The van der Waals surface area contributed by atoms with Crippen LogP contribution in [0.15, 0.2) is 63.8 Å². The molecule has 0 atom stereocenters. The molecule has 0 aliphatic carbocycles. The van der Waals surface area contributed by atoms with Gasteiger partial charge in [0.2, 0.25) is 15.9 Å². The van der Waals surface area contributed by atoms with E-state index in [0.717, 1.165) is 5.69 Å². The largest absolute Gasteiger partial charge is 0.325 e. The summed E-state index contributed by atoms with van der Waals surface area (Å²) in [5.41, 5.74) is 1.87. The predicted molar refractivity (Wildman–Crippen MR) is 102 cm³/mol. The monoisotopic (exact) mass is 389 g/mol. The summed E-state index contributed by atoms with van der Waals surface area (Å²) in [6, 6.07) is 12.1. The molecule has 1 aliphatic rings. The summed E-state index contributed by atoms with van der Waals surface area (Å²) in [5, 5.41) is 16.6. The second-order valence-electron chi connectivity index (χ2n) is 5.34. The van der Waals surface area contributed by atoms with Gasteiger partial charge in [-0.3, -0.25) is 9.78 Å². The Morgan fingerprint density at radius 1 is 1.15 bits per heavy atom. The second-order valence-corrected chi connectivity index (χ2v) is 7.95. The van der Waals surface area contributed by atoms with Gasteiger partial charge in [-0.2, -0.15) is 5.10 Å². The highest BCUT2D eigenvalue weighted by molar-refractivity contribution is 8.14. The number of nitrogens with two attached hydrogens (primary N) is 1. The van der Waals surface area contributed by atoms with E-state index < -0.39 is 10.0 Å². The van der Waals surface area contributed by atoms with Gasteiger partial charge in [-0.1, -0.05) is 30.0 Å². The maximum absolute atomic E-state index is 11.9. The molecule has 0 bridgehead atoms. The van der Waals surface area contributed by atoms with Crippen LogP contribution in [0.25, 0.3) is 0 Å². The second kappa shape index (κ2) is 7.77. The van der Waals surface area contributed by atoms with Gasteiger partial charge in [0.15, 0.2) is 0 Å². The van der Waals surface area contributed by atoms with Crippen molar-refractivity contribution in [3.05, 3.63) is 54.4 Å². The Bertz CT molecular complexity index is 971. The molecule has 1 aliphatic heterocycles. The highest BCUT2D eigenvalue weighted by atomic mass is 32.2. The van der Waals surface area contributed by atoms with E-state index in [-0.39, 0.29) is 16.6 Å². The fourth-order valence-electron chi connectivity index (χ4n) is 2.14. The molecule has 134 valence electrons. The highest BCUT2D eigenvalue weighted by Crippen LogP contribution is 2.19. The molecule has 0 saturated carbocycles. The fraction of sp³-hybridized carbons (Fsp3) is 0.125. The number of hydrogen-bond donors (Lipinski definition) is 2. The SMILES string of the molecule is NS(=O)(=O)c1ccc(C2=NN=C(SCC(=O)Nc3ccccc3)C2)nc1. The van der Waals surface area contributed by atoms with Gasteiger partial charge in [0.05, 0.1) is 17.2 Å². The van der Waals surface area contributed by atoms with Gasteiger partial charge < -0.3 is 5.32 Å². The average molecular weight is 389 g/mol. The normalized spacial score (nSPS) is 13.9. The molecular formula is C16H15N5O3S2. The van der Waals surface area contributed by atoms with E-state index in [1.54, 1.807) is 0 Å². The van der Waals surface area contributed by atoms with Crippen LogP contribution in [0.5, 0.6) is 0 Å². The summed E-state index contributed by atoms with van der Waals surface area (Å²) in [7, 11) is -3.78. The molecule has 1 aromatic heterocycles. The van der Waals surface area contributed by atoms with Crippen molar-refractivity contribution in [3.63, 3.8) is 0 Å². The number of primary sulfonamides is 1. The molecule has 2 aromatic rings. The Kier molecular flexibility index (Phi) is 5.45. The Labute approximate surface area is 154 Å². The Morgan fingerprint density at radius 2 is 1.92 bits per heavy atom. The van der Waals surface area contributed by atoms with Crippen molar-refractivity contribution in [3.8, 4) is 0 Å². The topological polar surface area (TPSA) is 127 Å². The quantitative estimate of drug-likeness (QED) is 0.803. The number of benzene rings is 1. The highest BCUT2D eigenvalue weighted by Gasteiger charge is 2.18. The molecule has 1 amide bonds. The summed E-state index contributed by atoms with van der Waals surface area (Å²) < 4.78 is 22.5. The summed E-state index contributed by atoms with van der Waals surface area (Å²) in [5.74, 6) is 0.0851. The molecule has 8 nitrogen and oxygen atoms in total. The third-order valence-electron chi connectivity index (χ3n) is 3.39. The van der Waals surface area contributed by atoms with Crippen LogP contribution in [0.4, 0.5) is 5.69 Å². The minimum atomic E-state index is -3.78. The zero-order chi connectivity index (χ0) is 18.6. The molecule has 26 heavy (non-hydrogen) atoms. The van der Waals surface area contributed by atoms with E-state index >= 15 is 0 Å². The van der Waals surface area contributed by atoms with Crippen LogP contribution in [0.2, 0.25) is 0 Å². The molecule has 0 radical (unpaired) electrons. The van der Waals surface area contributed by atoms with Gasteiger partial charge in [0, 0.05) is 18.3 Å². The van der Waals surface area contributed by atoms with E-state index in [4.69, 9.17) is 5.14 Å². The molecule has 0 fully saturated rings. The van der Waals surface area contributed by atoms with Gasteiger partial charge in [0.25, 0.3) is 0 Å². The van der Waals surface area contributed by atoms with Crippen molar-refractivity contribution in [2.45, 2.75) is 11.3 Å². The number of carbonyl (C=O) groups excluding carboxylic acids is 1. The summed E-state index contributed by atoms with van der Waals surface area (Å²) in [6.07, 6.45) is 1.62. The van der Waals surface area contributed by atoms with Gasteiger partial charge in [0.1, 0.15) is 9.94 Å². The van der Waals surface area contributed by atoms with E-state index in [2.05, 4.69) is 20.5 Å². The fourth-order valence-corrected chi connectivity index (χ4v) is 3.30. The number of sulfonamides is 1. The van der Waals surface area contributed by atoms with Crippen molar-refractivity contribution in [2.75, 3.05) is 11.1 Å². The number of carbonyl (C=O) groups is 1. The number of hydrogen-bond acceptors (Lipinski definition) is 7. The van der Waals surface area contributed by atoms with Crippen molar-refractivity contribution in [1.82, 2.24) is 4.98 Å². The van der Waals surface area contributed by atoms with Crippen LogP contribution < -0.4 is 10.5 Å². The van der Waals surface area contributed by atoms with Crippen molar-refractivity contribution in [2.24, 2.45) is 15.3 Å². The lowest BCUT2D eigenvalue weighted by molar-refractivity contribution is -0.113. The number of amides is 1. The first kappa shape index (κ1) is 18.2. The van der Waals surface area contributed by atoms with Crippen LogP contribution in [-0.4, -0.2) is 35.8 Å². The zero-order valence-corrected chi connectivity index (χ0v) is 15.1. The van der Waals surface area contributed by atoms with Crippen molar-refractivity contribution >= 4 is 44.1 Å². The Hall–Kier alpha value is -2.56. The van der Waals surface area contributed by atoms with Crippen LogP contribution in [0, 0.1) is 0 Å². The van der Waals surface area contributed by atoms with Gasteiger partial charge in [-0.15, -0.1) is 5.10 Å². The van der Waals surface area contributed by atoms with E-state index in [1.165, 1.54) is 30.1 Å². The lowest BCUT2D eigenvalue weighted by Gasteiger charge is -2.05. The molecule has 0 unspecified atom stereocenters. The summed E-state index contributed by atoms with van der Waals surface area (Å²) in [6.45, 7) is 0. The first-order valence-electron chi connectivity index (χ1n) is 7.52. The first-order valence-corrected chi connectivity index (χ1v) is 10.1. The standard InChI is InChI=1S/C16H15N5O3S2/c17-26(23,24)12-6-7-13(18-9-12)14-8-16(21-20-14)25-10-15(22)19-11-4-2-1-3-5-11/h1-7,9H,8,10H2,(H,19,22)(H2,17,23,24). The van der Waals surface area contributed by atoms with Crippen LogP contribution in [0.3, 0.4) is 0 Å². The van der Waals surface area contributed by atoms with Crippen LogP contribution >= 0.6 is 11.8 Å². The van der Waals surface area contributed by atoms with Crippen LogP contribution in [0.1, 0.15) is 12.1 Å². The molecule has 2 heterocycles. The maximum Gasteiger partial charge on any atom is 0.239 e. The third-order valence-corrected chi connectivity index (χ3v) is 5.25. The van der Waals surface area contributed by atoms with E-state index in [9.17, 15) is 13.2 Å².